The van der Waals surface area contributed by atoms with Crippen molar-refractivity contribution in [3.8, 4) is 0 Å². The highest BCUT2D eigenvalue weighted by molar-refractivity contribution is 5.91. The van der Waals surface area contributed by atoms with Crippen molar-refractivity contribution in [2.45, 2.75) is 13.8 Å². The third-order valence-electron chi connectivity index (χ3n) is 1.59. The van der Waals surface area contributed by atoms with E-state index >= 15 is 0 Å². The van der Waals surface area contributed by atoms with Gasteiger partial charge in [-0.1, -0.05) is 18.2 Å². The number of esters is 1. The molecule has 0 saturated heterocycles. The number of hydrogen-bond acceptors (Lipinski definition) is 2. The molecule has 0 aliphatic rings. The SMILES string of the molecule is C[CH]OC(=O)c1ccccc1C. The second-order valence-corrected chi connectivity index (χ2v) is 2.46. The highest BCUT2D eigenvalue weighted by Gasteiger charge is 2.07. The van der Waals surface area contributed by atoms with Gasteiger partial charge in [-0.05, 0) is 25.5 Å². The number of rotatable bonds is 2. The minimum absolute atomic E-state index is 0.296. The van der Waals surface area contributed by atoms with Crippen molar-refractivity contribution in [1.82, 2.24) is 0 Å². The lowest BCUT2D eigenvalue weighted by Crippen LogP contribution is -2.03. The zero-order chi connectivity index (χ0) is 8.97. The van der Waals surface area contributed by atoms with Gasteiger partial charge in [0.1, 0.15) is 6.61 Å². The molecule has 63 valence electrons. The van der Waals surface area contributed by atoms with Crippen molar-refractivity contribution in [3.05, 3.63) is 42.0 Å². The maximum Gasteiger partial charge on any atom is 0.338 e. The van der Waals surface area contributed by atoms with E-state index < -0.39 is 0 Å². The number of aryl methyl sites for hydroxylation is 1. The summed E-state index contributed by atoms with van der Waals surface area (Å²) in [4.78, 5) is 11.2. The van der Waals surface area contributed by atoms with E-state index in [0.29, 0.717) is 5.56 Å². The van der Waals surface area contributed by atoms with Crippen LogP contribution in [0.2, 0.25) is 0 Å². The van der Waals surface area contributed by atoms with Gasteiger partial charge in [0, 0.05) is 0 Å². The van der Waals surface area contributed by atoms with Crippen LogP contribution in [0.15, 0.2) is 24.3 Å². The maximum absolute atomic E-state index is 11.2. The number of carbonyl (C=O) groups excluding carboxylic acids is 1. The monoisotopic (exact) mass is 163 g/mol. The Labute approximate surface area is 72.2 Å². The molecule has 0 unspecified atom stereocenters. The van der Waals surface area contributed by atoms with Crippen molar-refractivity contribution >= 4 is 5.97 Å². The standard InChI is InChI=1S/C10H11O2/c1-3-12-10(11)9-7-5-4-6-8(9)2/h3-7H,1-2H3. The Balaban J connectivity index is 2.87. The van der Waals surface area contributed by atoms with Crippen molar-refractivity contribution < 1.29 is 9.53 Å². The van der Waals surface area contributed by atoms with E-state index in [1.54, 1.807) is 13.0 Å². The first kappa shape index (κ1) is 8.78. The molecule has 0 fully saturated rings. The number of carbonyl (C=O) groups is 1. The summed E-state index contributed by atoms with van der Waals surface area (Å²) in [7, 11) is 0. The quantitative estimate of drug-likeness (QED) is 0.625. The molecule has 1 rings (SSSR count). The Hall–Kier alpha value is -1.31. The van der Waals surface area contributed by atoms with E-state index in [-0.39, 0.29) is 5.97 Å². The molecule has 1 aromatic rings. The van der Waals surface area contributed by atoms with Crippen LogP contribution >= 0.6 is 0 Å². The van der Waals surface area contributed by atoms with Crippen LogP contribution in [0.3, 0.4) is 0 Å². The predicted molar refractivity (Wildman–Crippen MR) is 46.6 cm³/mol. The molecule has 0 amide bonds. The van der Waals surface area contributed by atoms with Gasteiger partial charge in [-0.25, -0.2) is 4.79 Å². The molecule has 0 spiro atoms. The van der Waals surface area contributed by atoms with Gasteiger partial charge >= 0.3 is 5.97 Å². The molecule has 2 nitrogen and oxygen atoms in total. The highest BCUT2D eigenvalue weighted by atomic mass is 16.5. The number of benzene rings is 1. The molecule has 1 radical (unpaired) electrons. The van der Waals surface area contributed by atoms with Crippen LogP contribution in [0.1, 0.15) is 22.8 Å². The van der Waals surface area contributed by atoms with Crippen LogP contribution in [-0.4, -0.2) is 5.97 Å². The first-order valence-electron chi connectivity index (χ1n) is 3.80. The second-order valence-electron chi connectivity index (χ2n) is 2.46. The lowest BCUT2D eigenvalue weighted by atomic mass is 10.1. The van der Waals surface area contributed by atoms with Gasteiger partial charge < -0.3 is 4.74 Å². The van der Waals surface area contributed by atoms with Gasteiger partial charge in [0.15, 0.2) is 0 Å². The lowest BCUT2D eigenvalue weighted by Gasteiger charge is -2.02. The summed E-state index contributed by atoms with van der Waals surface area (Å²) in [5.74, 6) is -0.296. The van der Waals surface area contributed by atoms with Crippen LogP contribution in [0.5, 0.6) is 0 Å². The molecule has 0 aromatic heterocycles. The summed E-state index contributed by atoms with van der Waals surface area (Å²) in [5.41, 5.74) is 1.56. The third-order valence-corrected chi connectivity index (χ3v) is 1.59. The van der Waals surface area contributed by atoms with Gasteiger partial charge in [-0.2, -0.15) is 0 Å². The summed E-state index contributed by atoms with van der Waals surface area (Å²) >= 11 is 0. The average molecular weight is 163 g/mol. The lowest BCUT2D eigenvalue weighted by molar-refractivity contribution is 0.0611. The van der Waals surface area contributed by atoms with Crippen LogP contribution in [0.4, 0.5) is 0 Å². The summed E-state index contributed by atoms with van der Waals surface area (Å²) in [6.45, 7) is 4.94. The predicted octanol–water partition coefficient (Wildman–Crippen LogP) is 2.33. The molecule has 0 atom stereocenters. The van der Waals surface area contributed by atoms with Crippen LogP contribution in [-0.2, 0) is 4.74 Å². The van der Waals surface area contributed by atoms with E-state index in [9.17, 15) is 4.79 Å². The zero-order valence-electron chi connectivity index (χ0n) is 7.20. The fourth-order valence-corrected chi connectivity index (χ4v) is 0.972. The normalized spacial score (nSPS) is 9.50. The Kier molecular flexibility index (Phi) is 2.86. The summed E-state index contributed by atoms with van der Waals surface area (Å²) in [6, 6.07) is 7.34. The van der Waals surface area contributed by atoms with E-state index in [2.05, 4.69) is 0 Å². The van der Waals surface area contributed by atoms with Crippen molar-refractivity contribution in [1.29, 1.82) is 0 Å². The average Bonchev–Trinajstić information content (AvgIpc) is 2.05. The van der Waals surface area contributed by atoms with Crippen LogP contribution in [0.25, 0.3) is 0 Å². The number of hydrogen-bond donors (Lipinski definition) is 0. The Morgan fingerprint density at radius 3 is 2.67 bits per heavy atom. The van der Waals surface area contributed by atoms with Crippen molar-refractivity contribution in [2.24, 2.45) is 0 Å². The first-order chi connectivity index (χ1) is 5.75. The Morgan fingerprint density at radius 1 is 1.42 bits per heavy atom. The second kappa shape index (κ2) is 3.90. The first-order valence-corrected chi connectivity index (χ1v) is 3.80. The molecule has 1 aromatic carbocycles. The van der Waals surface area contributed by atoms with E-state index in [0.717, 1.165) is 5.56 Å². The van der Waals surface area contributed by atoms with Gasteiger partial charge in [0.25, 0.3) is 0 Å². The van der Waals surface area contributed by atoms with E-state index in [4.69, 9.17) is 4.74 Å². The summed E-state index contributed by atoms with van der Waals surface area (Å²) < 4.78 is 4.74. The molecule has 0 saturated carbocycles. The number of ether oxygens (including phenoxy) is 1. The van der Waals surface area contributed by atoms with E-state index in [1.807, 2.05) is 25.1 Å². The molecule has 0 N–H and O–H groups in total. The van der Waals surface area contributed by atoms with Crippen molar-refractivity contribution in [3.63, 3.8) is 0 Å². The minimum atomic E-state index is -0.296. The largest absolute Gasteiger partial charge is 0.455 e. The van der Waals surface area contributed by atoms with Crippen molar-refractivity contribution in [2.75, 3.05) is 0 Å². The molecule has 0 aliphatic heterocycles. The van der Waals surface area contributed by atoms with Gasteiger partial charge in [0.05, 0.1) is 5.56 Å². The van der Waals surface area contributed by atoms with Crippen LogP contribution < -0.4 is 0 Å². The molecular formula is C10H11O2. The third kappa shape index (κ3) is 1.84. The fraction of sp³-hybridized carbons (Fsp3) is 0.200. The molecular weight excluding hydrogens is 152 g/mol. The molecule has 12 heavy (non-hydrogen) atoms. The smallest absolute Gasteiger partial charge is 0.338 e. The Morgan fingerprint density at radius 2 is 2.08 bits per heavy atom. The summed E-state index contributed by atoms with van der Waals surface area (Å²) in [6.07, 6.45) is 0. The maximum atomic E-state index is 11.2. The minimum Gasteiger partial charge on any atom is -0.455 e. The molecule has 0 bridgehead atoms. The topological polar surface area (TPSA) is 26.3 Å². The van der Waals surface area contributed by atoms with Gasteiger partial charge in [0.2, 0.25) is 0 Å². The molecule has 0 aliphatic carbocycles. The molecule has 2 heteroatoms. The van der Waals surface area contributed by atoms with Gasteiger partial charge in [-0.3, -0.25) is 0 Å². The summed E-state index contributed by atoms with van der Waals surface area (Å²) in [5, 5.41) is 0. The zero-order valence-corrected chi connectivity index (χ0v) is 7.20. The van der Waals surface area contributed by atoms with Crippen LogP contribution in [0, 0.1) is 13.5 Å². The highest BCUT2D eigenvalue weighted by Crippen LogP contribution is 2.08. The van der Waals surface area contributed by atoms with E-state index in [1.165, 1.54) is 6.61 Å². The fourth-order valence-electron chi connectivity index (χ4n) is 0.972. The Bertz CT molecular complexity index is 279. The van der Waals surface area contributed by atoms with Gasteiger partial charge in [-0.15, -0.1) is 0 Å². The molecule has 0 heterocycles.